The van der Waals surface area contributed by atoms with Gasteiger partial charge >= 0.3 is 0 Å². The molecule has 7 heteroatoms. The van der Waals surface area contributed by atoms with E-state index in [1.807, 2.05) is 26.2 Å². The van der Waals surface area contributed by atoms with Gasteiger partial charge in [-0.05, 0) is 41.1 Å². The summed E-state index contributed by atoms with van der Waals surface area (Å²) in [7, 11) is -3.64. The van der Waals surface area contributed by atoms with Crippen molar-refractivity contribution in [2.45, 2.75) is 37.3 Å². The number of hydrogen-bond donors (Lipinski definition) is 1. The maximum atomic E-state index is 13.1. The van der Waals surface area contributed by atoms with Gasteiger partial charge in [-0.1, -0.05) is 38.4 Å². The quantitative estimate of drug-likeness (QED) is 0.779. The highest BCUT2D eigenvalue weighted by Gasteiger charge is 2.30. The number of hydrogen-bond acceptors (Lipinski definition) is 4. The topological polar surface area (TPSA) is 63.2 Å². The van der Waals surface area contributed by atoms with Crippen molar-refractivity contribution >= 4 is 38.7 Å². The lowest BCUT2D eigenvalue weighted by molar-refractivity contribution is -0.122. The van der Waals surface area contributed by atoms with Crippen LogP contribution < -0.4 is 5.32 Å². The van der Waals surface area contributed by atoms with E-state index in [0.717, 1.165) is 0 Å². The van der Waals surface area contributed by atoms with Gasteiger partial charge in [0.05, 0.1) is 4.90 Å². The first-order valence-electron chi connectivity index (χ1n) is 7.89. The van der Waals surface area contributed by atoms with Crippen LogP contribution in [0.25, 0.3) is 0 Å². The monoisotopic (exact) mass is 399 g/mol. The minimum Gasteiger partial charge on any atom is -0.354 e. The third-order valence-corrected chi connectivity index (χ3v) is 7.04. The van der Waals surface area contributed by atoms with Crippen molar-refractivity contribution in [2.24, 2.45) is 5.41 Å². The number of thiophene rings is 1. The van der Waals surface area contributed by atoms with Crippen molar-refractivity contribution in [3.63, 3.8) is 0 Å². The second-order valence-corrected chi connectivity index (χ2v) is 10.6. The fourth-order valence-corrected chi connectivity index (χ4v) is 5.29. The summed E-state index contributed by atoms with van der Waals surface area (Å²) in [6.45, 7) is 5.94. The SMILES string of the molecule is CC(C)(C)CC(=O)NCC(c1cccs1)S(=O)(=O)c1ccc(Cl)cc1. The van der Waals surface area contributed by atoms with Crippen LogP contribution in [0.2, 0.25) is 5.02 Å². The minimum atomic E-state index is -3.64. The van der Waals surface area contributed by atoms with Crippen molar-refractivity contribution in [3.05, 3.63) is 51.7 Å². The summed E-state index contributed by atoms with van der Waals surface area (Å²) in [6.07, 6.45) is 0.338. The van der Waals surface area contributed by atoms with E-state index in [4.69, 9.17) is 11.6 Å². The Kier molecular flexibility index (Phi) is 6.30. The zero-order valence-corrected chi connectivity index (χ0v) is 16.8. The lowest BCUT2D eigenvalue weighted by atomic mass is 9.92. The molecule has 1 aromatic carbocycles. The molecule has 1 amide bonds. The van der Waals surface area contributed by atoms with Gasteiger partial charge in [-0.3, -0.25) is 4.79 Å². The van der Waals surface area contributed by atoms with Crippen molar-refractivity contribution in [3.8, 4) is 0 Å². The molecule has 2 rings (SSSR count). The molecule has 0 radical (unpaired) electrons. The molecule has 1 unspecified atom stereocenters. The van der Waals surface area contributed by atoms with E-state index in [0.29, 0.717) is 16.3 Å². The first-order valence-corrected chi connectivity index (χ1v) is 10.7. The summed E-state index contributed by atoms with van der Waals surface area (Å²) in [5.41, 5.74) is -0.155. The van der Waals surface area contributed by atoms with Crippen LogP contribution in [0.3, 0.4) is 0 Å². The Morgan fingerprint density at radius 2 is 1.84 bits per heavy atom. The molecule has 1 heterocycles. The zero-order chi connectivity index (χ0) is 18.7. The predicted octanol–water partition coefficient (Wildman–Crippen LogP) is 4.47. The Bertz CT molecular complexity index is 807. The van der Waals surface area contributed by atoms with Gasteiger partial charge in [-0.15, -0.1) is 11.3 Å². The van der Waals surface area contributed by atoms with Crippen molar-refractivity contribution < 1.29 is 13.2 Å². The van der Waals surface area contributed by atoms with Gasteiger partial charge in [-0.2, -0.15) is 0 Å². The minimum absolute atomic E-state index is 0.0421. The molecule has 4 nitrogen and oxygen atoms in total. The number of carbonyl (C=O) groups excluding carboxylic acids is 1. The molecule has 25 heavy (non-hydrogen) atoms. The fourth-order valence-electron chi connectivity index (χ4n) is 2.38. The molecule has 0 aliphatic rings. The number of carbonyl (C=O) groups is 1. The van der Waals surface area contributed by atoms with Crippen LogP contribution in [0.15, 0.2) is 46.7 Å². The van der Waals surface area contributed by atoms with E-state index in [1.165, 1.54) is 23.5 Å². The van der Waals surface area contributed by atoms with Crippen molar-refractivity contribution in [1.82, 2.24) is 5.32 Å². The van der Waals surface area contributed by atoms with Crippen molar-refractivity contribution in [2.75, 3.05) is 6.54 Å². The van der Waals surface area contributed by atoms with E-state index >= 15 is 0 Å². The maximum Gasteiger partial charge on any atom is 0.220 e. The van der Waals surface area contributed by atoms with E-state index in [1.54, 1.807) is 24.3 Å². The highest BCUT2D eigenvalue weighted by Crippen LogP contribution is 2.32. The average Bonchev–Trinajstić information content (AvgIpc) is 2.99. The van der Waals surface area contributed by atoms with Crippen LogP contribution in [0.1, 0.15) is 37.3 Å². The number of benzene rings is 1. The smallest absolute Gasteiger partial charge is 0.220 e. The molecule has 0 aliphatic carbocycles. The molecule has 136 valence electrons. The Morgan fingerprint density at radius 1 is 1.20 bits per heavy atom. The van der Waals surface area contributed by atoms with Crippen LogP contribution in [0.4, 0.5) is 0 Å². The summed E-state index contributed by atoms with van der Waals surface area (Å²) < 4.78 is 26.1. The number of halogens is 1. The standard InChI is InChI=1S/C18H22ClNO3S2/c1-18(2,3)11-17(21)20-12-16(15-5-4-10-24-15)25(22,23)14-8-6-13(19)7-9-14/h4-10,16H,11-12H2,1-3H3,(H,20,21). The highest BCUT2D eigenvalue weighted by atomic mass is 35.5. The molecule has 1 atom stereocenters. The number of amides is 1. The second kappa shape index (κ2) is 7.89. The van der Waals surface area contributed by atoms with E-state index in [-0.39, 0.29) is 22.8 Å². The summed E-state index contributed by atoms with van der Waals surface area (Å²) in [4.78, 5) is 13.0. The Morgan fingerprint density at radius 3 is 2.36 bits per heavy atom. The number of sulfone groups is 1. The van der Waals surface area contributed by atoms with Gasteiger partial charge < -0.3 is 5.32 Å². The summed E-state index contributed by atoms with van der Waals surface area (Å²) in [6, 6.07) is 9.68. The lowest BCUT2D eigenvalue weighted by Gasteiger charge is -2.20. The summed E-state index contributed by atoms with van der Waals surface area (Å²) in [5, 5.41) is 4.26. The molecule has 2 aromatic rings. The van der Waals surface area contributed by atoms with Gasteiger partial charge in [0.2, 0.25) is 5.91 Å². The van der Waals surface area contributed by atoms with Crippen LogP contribution >= 0.6 is 22.9 Å². The lowest BCUT2D eigenvalue weighted by Crippen LogP contribution is -2.33. The van der Waals surface area contributed by atoms with Crippen LogP contribution in [0.5, 0.6) is 0 Å². The summed E-state index contributed by atoms with van der Waals surface area (Å²) in [5.74, 6) is -0.152. The number of nitrogens with one attached hydrogen (secondary N) is 1. The third kappa shape index (κ3) is 5.56. The van der Waals surface area contributed by atoms with E-state index in [9.17, 15) is 13.2 Å². The molecular formula is C18H22ClNO3S2. The molecule has 0 spiro atoms. The first-order chi connectivity index (χ1) is 11.6. The first kappa shape index (κ1) is 19.9. The molecule has 0 saturated carbocycles. The summed E-state index contributed by atoms with van der Waals surface area (Å²) >= 11 is 7.22. The zero-order valence-electron chi connectivity index (χ0n) is 14.5. The second-order valence-electron chi connectivity index (χ2n) is 7.04. The molecule has 1 N–H and O–H groups in total. The van der Waals surface area contributed by atoms with Crippen LogP contribution in [-0.2, 0) is 14.6 Å². The normalized spacial score (nSPS) is 13.4. The van der Waals surface area contributed by atoms with Crippen molar-refractivity contribution in [1.29, 1.82) is 0 Å². The van der Waals surface area contributed by atoms with Gasteiger partial charge in [0.1, 0.15) is 5.25 Å². The Balaban J connectivity index is 2.25. The molecule has 0 aliphatic heterocycles. The Hall–Kier alpha value is -1.37. The Labute approximate surface area is 158 Å². The molecule has 0 bridgehead atoms. The van der Waals surface area contributed by atoms with E-state index < -0.39 is 15.1 Å². The van der Waals surface area contributed by atoms with Crippen LogP contribution in [-0.4, -0.2) is 20.9 Å². The largest absolute Gasteiger partial charge is 0.354 e. The van der Waals surface area contributed by atoms with Gasteiger partial charge in [0.25, 0.3) is 0 Å². The predicted molar refractivity (Wildman–Crippen MR) is 103 cm³/mol. The number of rotatable bonds is 6. The maximum absolute atomic E-state index is 13.1. The molecule has 0 saturated heterocycles. The van der Waals surface area contributed by atoms with Gasteiger partial charge in [0, 0.05) is 22.9 Å². The van der Waals surface area contributed by atoms with E-state index in [2.05, 4.69) is 5.32 Å². The van der Waals surface area contributed by atoms with Gasteiger partial charge in [-0.25, -0.2) is 8.42 Å². The average molecular weight is 400 g/mol. The fraction of sp³-hybridized carbons (Fsp3) is 0.389. The molecule has 0 fully saturated rings. The molecule has 1 aromatic heterocycles. The highest BCUT2D eigenvalue weighted by molar-refractivity contribution is 7.91. The molecular weight excluding hydrogens is 378 g/mol. The third-order valence-electron chi connectivity index (χ3n) is 3.55. The van der Waals surface area contributed by atoms with Crippen LogP contribution in [0, 0.1) is 5.41 Å². The van der Waals surface area contributed by atoms with Gasteiger partial charge in [0.15, 0.2) is 9.84 Å².